The molecule has 0 saturated carbocycles. The average Bonchev–Trinajstić information content (AvgIpc) is 3.02. The Morgan fingerprint density at radius 3 is 2.62 bits per heavy atom. The van der Waals surface area contributed by atoms with E-state index in [1.54, 1.807) is 18.2 Å². The molecule has 1 heterocycles. The summed E-state index contributed by atoms with van der Waals surface area (Å²) in [6, 6.07) is 10.9. The van der Waals surface area contributed by atoms with Crippen molar-refractivity contribution in [1.29, 1.82) is 0 Å². The molecule has 3 atom stereocenters. The monoisotopic (exact) mass is 359 g/mol. The van der Waals surface area contributed by atoms with Gasteiger partial charge in [-0.25, -0.2) is 4.79 Å². The number of hydrogen-bond donors (Lipinski definition) is 2. The second-order valence-corrected chi connectivity index (χ2v) is 7.10. The Labute approximate surface area is 149 Å². The Kier molecular flexibility index (Phi) is 3.78. The molecule has 0 bridgehead atoms. The van der Waals surface area contributed by atoms with Gasteiger partial charge in [-0.3, -0.25) is 0 Å². The minimum Gasteiger partial charge on any atom is -0.478 e. The molecule has 1 aliphatic carbocycles. The molecule has 0 unspecified atom stereocenters. The zero-order valence-electron chi connectivity index (χ0n) is 12.7. The summed E-state index contributed by atoms with van der Waals surface area (Å²) in [5.41, 5.74) is 3.41. The fourth-order valence-electron chi connectivity index (χ4n) is 3.81. The van der Waals surface area contributed by atoms with E-state index in [4.69, 9.17) is 28.3 Å². The summed E-state index contributed by atoms with van der Waals surface area (Å²) in [6.45, 7) is 0. The van der Waals surface area contributed by atoms with E-state index in [1.165, 1.54) is 0 Å². The van der Waals surface area contributed by atoms with Crippen LogP contribution in [0.5, 0.6) is 0 Å². The van der Waals surface area contributed by atoms with Crippen LogP contribution in [0.1, 0.15) is 39.9 Å². The molecule has 0 radical (unpaired) electrons. The van der Waals surface area contributed by atoms with Crippen LogP contribution in [0.2, 0.25) is 10.0 Å². The molecule has 0 amide bonds. The van der Waals surface area contributed by atoms with E-state index in [-0.39, 0.29) is 12.0 Å². The number of allylic oxidation sites excluding steroid dienone is 2. The second-order valence-electron chi connectivity index (χ2n) is 6.25. The molecule has 122 valence electrons. The summed E-state index contributed by atoms with van der Waals surface area (Å²) in [4.78, 5) is 11.1. The van der Waals surface area contributed by atoms with Crippen molar-refractivity contribution in [3.63, 3.8) is 0 Å². The number of carboxylic acids is 1. The Hall–Kier alpha value is -1.97. The van der Waals surface area contributed by atoms with E-state index in [2.05, 4.69) is 17.5 Å². The first-order chi connectivity index (χ1) is 11.5. The maximum absolute atomic E-state index is 11.1. The Balaban J connectivity index is 1.76. The first kappa shape index (κ1) is 15.6. The smallest absolute Gasteiger partial charge is 0.335 e. The highest BCUT2D eigenvalue weighted by atomic mass is 35.5. The summed E-state index contributed by atoms with van der Waals surface area (Å²) < 4.78 is 0. The molecule has 2 N–H and O–H groups in total. The minimum atomic E-state index is -0.914. The van der Waals surface area contributed by atoms with Crippen molar-refractivity contribution in [1.82, 2.24) is 0 Å². The summed E-state index contributed by atoms with van der Waals surface area (Å²) >= 11 is 12.6. The van der Waals surface area contributed by atoms with Gasteiger partial charge in [0.05, 0.1) is 11.6 Å². The summed E-state index contributed by atoms with van der Waals surface area (Å²) in [6.07, 6.45) is 5.36. The third kappa shape index (κ3) is 2.48. The lowest BCUT2D eigenvalue weighted by Gasteiger charge is -2.38. The molecule has 2 aliphatic rings. The van der Waals surface area contributed by atoms with Crippen molar-refractivity contribution in [2.24, 2.45) is 5.92 Å². The quantitative estimate of drug-likeness (QED) is 0.694. The lowest BCUT2D eigenvalue weighted by atomic mass is 9.77. The second kappa shape index (κ2) is 5.83. The standard InChI is InChI=1S/C19H15Cl2NO2/c20-12-8-15(21)17-13-2-1-3-14(13)18(22-16(17)9-12)10-4-6-11(7-5-10)19(23)24/h1-2,4-9,13-14,18,22H,3H2,(H,23,24)/t13-,14+,18+/m0/s1. The number of nitrogens with one attached hydrogen (secondary N) is 1. The molecular weight excluding hydrogens is 345 g/mol. The zero-order valence-corrected chi connectivity index (χ0v) is 14.2. The van der Waals surface area contributed by atoms with E-state index < -0.39 is 5.97 Å². The lowest BCUT2D eigenvalue weighted by Crippen LogP contribution is -2.29. The van der Waals surface area contributed by atoms with Gasteiger partial charge < -0.3 is 10.4 Å². The normalized spacial score (nSPS) is 24.2. The van der Waals surface area contributed by atoms with Crippen LogP contribution >= 0.6 is 23.2 Å². The zero-order chi connectivity index (χ0) is 16.8. The van der Waals surface area contributed by atoms with Gasteiger partial charge in [0.15, 0.2) is 0 Å². The van der Waals surface area contributed by atoms with Crippen molar-refractivity contribution < 1.29 is 9.90 Å². The highest BCUT2D eigenvalue weighted by molar-refractivity contribution is 6.35. The van der Waals surface area contributed by atoms with Gasteiger partial charge in [-0.1, -0.05) is 47.5 Å². The van der Waals surface area contributed by atoms with Crippen LogP contribution in [0.3, 0.4) is 0 Å². The predicted octanol–water partition coefficient (Wildman–Crippen LogP) is 5.52. The fourth-order valence-corrected chi connectivity index (χ4v) is 4.43. The number of halogens is 2. The van der Waals surface area contributed by atoms with Gasteiger partial charge in [0.2, 0.25) is 0 Å². The lowest BCUT2D eigenvalue weighted by molar-refractivity contribution is 0.0697. The number of carbonyl (C=O) groups is 1. The molecule has 2 aromatic rings. The van der Waals surface area contributed by atoms with E-state index in [0.29, 0.717) is 21.5 Å². The van der Waals surface area contributed by atoms with Gasteiger partial charge >= 0.3 is 5.97 Å². The van der Waals surface area contributed by atoms with Crippen molar-refractivity contribution in [3.8, 4) is 0 Å². The molecule has 24 heavy (non-hydrogen) atoms. The molecule has 3 nitrogen and oxygen atoms in total. The van der Waals surface area contributed by atoms with Crippen LogP contribution in [0.4, 0.5) is 5.69 Å². The number of benzene rings is 2. The highest BCUT2D eigenvalue weighted by Gasteiger charge is 2.39. The van der Waals surface area contributed by atoms with E-state index in [0.717, 1.165) is 23.2 Å². The van der Waals surface area contributed by atoms with Gasteiger partial charge in [-0.15, -0.1) is 0 Å². The van der Waals surface area contributed by atoms with Crippen molar-refractivity contribution in [3.05, 3.63) is 75.3 Å². The van der Waals surface area contributed by atoms with Crippen molar-refractivity contribution in [2.45, 2.75) is 18.4 Å². The van der Waals surface area contributed by atoms with Crippen LogP contribution in [-0.4, -0.2) is 11.1 Å². The van der Waals surface area contributed by atoms with Crippen LogP contribution < -0.4 is 5.32 Å². The maximum Gasteiger partial charge on any atom is 0.335 e. The van der Waals surface area contributed by atoms with Gasteiger partial charge in [0.25, 0.3) is 0 Å². The molecule has 2 aromatic carbocycles. The largest absolute Gasteiger partial charge is 0.478 e. The van der Waals surface area contributed by atoms with Crippen LogP contribution in [0.25, 0.3) is 0 Å². The number of fused-ring (bicyclic) bond motifs is 3. The van der Waals surface area contributed by atoms with Gasteiger partial charge in [0, 0.05) is 27.2 Å². The molecule has 0 saturated heterocycles. The molecule has 0 fully saturated rings. The number of aromatic carboxylic acids is 1. The SMILES string of the molecule is O=C(O)c1ccc([C@H]2Nc3cc(Cl)cc(Cl)c3[C@H]3C=CC[C@H]32)cc1. The Bertz CT molecular complexity index is 845. The minimum absolute atomic E-state index is 0.0925. The first-order valence-electron chi connectivity index (χ1n) is 7.80. The van der Waals surface area contributed by atoms with Crippen molar-refractivity contribution in [2.75, 3.05) is 5.32 Å². The number of carboxylic acid groups (broad SMARTS) is 1. The number of anilines is 1. The Morgan fingerprint density at radius 2 is 1.92 bits per heavy atom. The fraction of sp³-hybridized carbons (Fsp3) is 0.211. The van der Waals surface area contributed by atoms with Gasteiger partial charge in [0.1, 0.15) is 0 Å². The predicted molar refractivity (Wildman–Crippen MR) is 96.2 cm³/mol. The molecular formula is C19H15Cl2NO2. The summed E-state index contributed by atoms with van der Waals surface area (Å²) in [5.74, 6) is -0.315. The van der Waals surface area contributed by atoms with E-state index >= 15 is 0 Å². The summed E-state index contributed by atoms with van der Waals surface area (Å²) in [5, 5.41) is 13.9. The number of hydrogen-bond acceptors (Lipinski definition) is 2. The third-order valence-corrected chi connectivity index (χ3v) is 5.43. The molecule has 4 rings (SSSR count). The van der Waals surface area contributed by atoms with Gasteiger partial charge in [-0.05, 0) is 42.2 Å². The van der Waals surface area contributed by atoms with Crippen LogP contribution in [-0.2, 0) is 0 Å². The van der Waals surface area contributed by atoms with Crippen LogP contribution in [0.15, 0.2) is 48.6 Å². The van der Waals surface area contributed by atoms with E-state index in [9.17, 15) is 4.79 Å². The molecule has 5 heteroatoms. The third-order valence-electron chi connectivity index (χ3n) is 4.90. The molecule has 1 aliphatic heterocycles. The number of rotatable bonds is 2. The molecule has 0 aromatic heterocycles. The first-order valence-corrected chi connectivity index (χ1v) is 8.55. The maximum atomic E-state index is 11.1. The summed E-state index contributed by atoms with van der Waals surface area (Å²) in [7, 11) is 0. The molecule has 0 spiro atoms. The van der Waals surface area contributed by atoms with Crippen LogP contribution in [0, 0.1) is 5.92 Å². The highest BCUT2D eigenvalue weighted by Crippen LogP contribution is 2.52. The van der Waals surface area contributed by atoms with E-state index in [1.807, 2.05) is 18.2 Å². The topological polar surface area (TPSA) is 49.3 Å². The van der Waals surface area contributed by atoms with Crippen molar-refractivity contribution >= 4 is 34.9 Å². The Morgan fingerprint density at radius 1 is 1.17 bits per heavy atom. The average molecular weight is 360 g/mol. The van der Waals surface area contributed by atoms with Gasteiger partial charge in [-0.2, -0.15) is 0 Å².